The van der Waals surface area contributed by atoms with Crippen molar-refractivity contribution in [3.05, 3.63) is 65.7 Å². The van der Waals surface area contributed by atoms with Crippen LogP contribution in [0.25, 0.3) is 0 Å². The van der Waals surface area contributed by atoms with Gasteiger partial charge in [0.25, 0.3) is 0 Å². The molecule has 21 nitrogen and oxygen atoms in total. The fourth-order valence-corrected chi connectivity index (χ4v) is 7.90. The molecule has 0 radical (unpaired) electrons. The van der Waals surface area contributed by atoms with Crippen LogP contribution in [0.15, 0.2) is 64.6 Å². The van der Waals surface area contributed by atoms with E-state index < -0.39 is 71.7 Å². The van der Waals surface area contributed by atoms with Crippen LogP contribution in [-0.2, 0) is 46.4 Å². The summed E-state index contributed by atoms with van der Waals surface area (Å²) >= 11 is 0. The van der Waals surface area contributed by atoms with Crippen LogP contribution in [0.4, 0.5) is 0 Å². The van der Waals surface area contributed by atoms with Gasteiger partial charge in [-0.15, -0.1) is 0 Å². The molecule has 2 rings (SSSR count). The highest BCUT2D eigenvalue weighted by Gasteiger charge is 2.32. The molecule has 0 heterocycles. The molecular weight excluding hydrogens is 935 g/mol. The number of benzene rings is 2. The molecule has 2 aromatic rings. The lowest BCUT2D eigenvalue weighted by Crippen LogP contribution is -2.60. The van der Waals surface area contributed by atoms with E-state index >= 15 is 0 Å². The third-order valence-corrected chi connectivity index (χ3v) is 12.1. The number of aliphatic imine (C=N–C) groups is 2. The van der Waals surface area contributed by atoms with Crippen LogP contribution in [0, 0.1) is 0 Å². The first-order valence-corrected chi connectivity index (χ1v) is 25.9. The molecule has 0 aliphatic carbocycles. The average molecular weight is 1020 g/mol. The molecule has 406 valence electrons. The second-order valence-electron chi connectivity index (χ2n) is 18.6. The lowest BCUT2D eigenvalue weighted by Gasteiger charge is -2.27. The Morgan fingerprint density at radius 3 is 1.36 bits per heavy atom. The van der Waals surface area contributed by atoms with Gasteiger partial charge in [0.15, 0.2) is 11.9 Å². The number of rotatable bonds is 38. The lowest BCUT2D eigenvalue weighted by atomic mass is 10.0. The van der Waals surface area contributed by atoms with E-state index in [2.05, 4.69) is 48.8 Å². The number of nitrogens with two attached hydrogens (primary N) is 5. The number of hydrogen-bond acceptors (Lipinski definition) is 10. The van der Waals surface area contributed by atoms with E-state index in [4.69, 9.17) is 28.7 Å². The zero-order valence-corrected chi connectivity index (χ0v) is 43.3. The number of nitrogens with zero attached hydrogens (tertiary/aromatic N) is 2. The molecular formula is C52H85N13O8. The molecule has 0 aliphatic heterocycles. The number of primary amides is 1. The van der Waals surface area contributed by atoms with Gasteiger partial charge in [0, 0.05) is 32.4 Å². The van der Waals surface area contributed by atoms with Gasteiger partial charge in [0.05, 0.1) is 0 Å². The van der Waals surface area contributed by atoms with Crippen molar-refractivity contribution in [1.29, 1.82) is 0 Å². The molecule has 21 heteroatoms. The number of aromatic hydroxyl groups is 1. The van der Waals surface area contributed by atoms with Crippen molar-refractivity contribution < 1.29 is 38.7 Å². The standard InChI is InChI=1S/C52H85N13O8/c1-4-5-6-7-8-9-10-11-12-13-14-15-19-26-44(67)60-35(2)46(69)61-36(3)47(70)64-42(34-38-27-29-39(66)30-28-38)50(73)65-43(33-37-22-17-16-18-23-37)49(72)63-41(25-21-32-59-52(56)57)48(71)62-40(45(53)68)24-20-31-58-51(54)55/h16-18,22-23,27-30,35-36,40-43,66H,4-15,19-21,24-26,31-34H2,1-3H3,(H2,53,68)(H,60,67)(H,61,69)(H,62,71)(H,63,72)(H,64,70)(H,65,73)(H4,54,55,58)(H4,56,57,59). The molecule has 2 aromatic carbocycles. The third kappa shape index (κ3) is 28.0. The van der Waals surface area contributed by atoms with Crippen LogP contribution in [0.1, 0.15) is 147 Å². The second-order valence-corrected chi connectivity index (χ2v) is 18.6. The molecule has 0 saturated carbocycles. The Labute approximate surface area is 431 Å². The Morgan fingerprint density at radius 2 is 0.863 bits per heavy atom. The predicted octanol–water partition coefficient (Wildman–Crippen LogP) is 2.20. The highest BCUT2D eigenvalue weighted by atomic mass is 16.3. The molecule has 0 aromatic heterocycles. The monoisotopic (exact) mass is 1020 g/mol. The van der Waals surface area contributed by atoms with Crippen LogP contribution < -0.4 is 60.6 Å². The third-order valence-electron chi connectivity index (χ3n) is 12.1. The van der Waals surface area contributed by atoms with Crippen LogP contribution in [0.5, 0.6) is 5.75 Å². The molecule has 73 heavy (non-hydrogen) atoms. The fraction of sp³-hybridized carbons (Fsp3) is 0.596. The van der Waals surface area contributed by atoms with E-state index in [9.17, 15) is 38.7 Å². The summed E-state index contributed by atoms with van der Waals surface area (Å²) in [5.41, 5.74) is 28.6. The molecule has 0 saturated heterocycles. The van der Waals surface area contributed by atoms with Gasteiger partial charge in [-0.3, -0.25) is 43.5 Å². The van der Waals surface area contributed by atoms with E-state index in [1.807, 2.05) is 0 Å². The summed E-state index contributed by atoms with van der Waals surface area (Å²) in [6.45, 7) is 5.45. The van der Waals surface area contributed by atoms with Crippen LogP contribution in [0.2, 0.25) is 0 Å². The molecule has 7 amide bonds. The van der Waals surface area contributed by atoms with Crippen LogP contribution in [-0.4, -0.2) is 108 Å². The SMILES string of the molecule is CCCCCCCCCCCCCCCC(=O)NC(C)C(=O)NC(C)C(=O)NC(Cc1ccc(O)cc1)C(=O)NC(Cc1ccccc1)C(=O)NC(CCCN=C(N)N)C(=O)NC(CCCN=C(N)N)C(N)=O. The van der Waals surface area contributed by atoms with E-state index in [1.54, 1.807) is 42.5 Å². The average Bonchev–Trinajstić information content (AvgIpc) is 3.34. The number of amides is 7. The second kappa shape index (κ2) is 36.1. The smallest absolute Gasteiger partial charge is 0.243 e. The van der Waals surface area contributed by atoms with E-state index in [0.717, 1.165) is 19.3 Å². The van der Waals surface area contributed by atoms with Gasteiger partial charge in [-0.2, -0.15) is 0 Å². The maximum absolute atomic E-state index is 14.4. The molecule has 17 N–H and O–H groups in total. The number of nitrogens with one attached hydrogen (secondary N) is 6. The minimum absolute atomic E-state index is 0.00472. The molecule has 0 fully saturated rings. The Hall–Kier alpha value is -6.93. The molecule has 0 aliphatic rings. The van der Waals surface area contributed by atoms with Crippen molar-refractivity contribution >= 4 is 53.3 Å². The highest BCUT2D eigenvalue weighted by molar-refractivity contribution is 5.97. The van der Waals surface area contributed by atoms with Crippen LogP contribution in [0.3, 0.4) is 0 Å². The summed E-state index contributed by atoms with van der Waals surface area (Å²) in [4.78, 5) is 102. The van der Waals surface area contributed by atoms with Crippen molar-refractivity contribution in [3.63, 3.8) is 0 Å². The maximum atomic E-state index is 14.4. The number of phenolic OH excluding ortho intramolecular Hbond substituents is 1. The summed E-state index contributed by atoms with van der Waals surface area (Å²) in [5, 5.41) is 26.0. The summed E-state index contributed by atoms with van der Waals surface area (Å²) in [6, 6.07) is 7.56. The van der Waals surface area contributed by atoms with Gasteiger partial charge < -0.3 is 65.7 Å². The minimum atomic E-state index is -1.33. The highest BCUT2D eigenvalue weighted by Crippen LogP contribution is 2.15. The predicted molar refractivity (Wildman–Crippen MR) is 284 cm³/mol. The van der Waals surface area contributed by atoms with Crippen LogP contribution >= 0.6 is 0 Å². The van der Waals surface area contributed by atoms with E-state index in [1.165, 1.54) is 83.8 Å². The van der Waals surface area contributed by atoms with Gasteiger partial charge in [-0.1, -0.05) is 126 Å². The molecule has 0 spiro atoms. The minimum Gasteiger partial charge on any atom is -0.508 e. The zero-order chi connectivity index (χ0) is 54.0. The lowest BCUT2D eigenvalue weighted by molar-refractivity contribution is -0.135. The first-order chi connectivity index (χ1) is 34.9. The largest absolute Gasteiger partial charge is 0.508 e. The van der Waals surface area contributed by atoms with Gasteiger partial charge in [0.1, 0.15) is 42.0 Å². The Kier molecular flexibility index (Phi) is 30.7. The van der Waals surface area contributed by atoms with E-state index in [-0.39, 0.29) is 75.2 Å². The first kappa shape index (κ1) is 62.2. The Morgan fingerprint density at radius 1 is 0.466 bits per heavy atom. The van der Waals surface area contributed by atoms with Crippen molar-refractivity contribution in [1.82, 2.24) is 31.9 Å². The van der Waals surface area contributed by atoms with Crippen molar-refractivity contribution in [3.8, 4) is 5.75 Å². The molecule has 6 unspecified atom stereocenters. The summed E-state index contributed by atoms with van der Waals surface area (Å²) < 4.78 is 0. The number of carbonyl (C=O) groups excluding carboxylic acids is 7. The molecule has 6 atom stereocenters. The number of carbonyl (C=O) groups is 7. The van der Waals surface area contributed by atoms with Crippen molar-refractivity contribution in [2.24, 2.45) is 38.7 Å². The van der Waals surface area contributed by atoms with Gasteiger partial charge >= 0.3 is 0 Å². The number of phenols is 1. The maximum Gasteiger partial charge on any atom is 0.243 e. The topological polar surface area (TPSA) is 367 Å². The Bertz CT molecular complexity index is 2050. The van der Waals surface area contributed by atoms with Crippen molar-refractivity contribution in [2.75, 3.05) is 13.1 Å². The van der Waals surface area contributed by atoms with Crippen molar-refractivity contribution in [2.45, 2.75) is 185 Å². The number of unbranched alkanes of at least 4 members (excludes halogenated alkanes) is 12. The summed E-state index contributed by atoms with van der Waals surface area (Å²) in [6.07, 6.45) is 16.1. The first-order valence-electron chi connectivity index (χ1n) is 25.9. The van der Waals surface area contributed by atoms with E-state index in [0.29, 0.717) is 24.0 Å². The fourth-order valence-electron chi connectivity index (χ4n) is 7.90. The quantitative estimate of drug-likeness (QED) is 0.0262. The zero-order valence-electron chi connectivity index (χ0n) is 43.3. The summed E-state index contributed by atoms with van der Waals surface area (Å²) in [5.74, 6) is -5.09. The molecule has 0 bridgehead atoms. The Balaban J connectivity index is 2.18. The normalized spacial score (nSPS) is 13.4. The number of hydrogen-bond donors (Lipinski definition) is 12. The van der Waals surface area contributed by atoms with Gasteiger partial charge in [0.2, 0.25) is 41.4 Å². The van der Waals surface area contributed by atoms with Gasteiger partial charge in [-0.25, -0.2) is 0 Å². The van der Waals surface area contributed by atoms with Gasteiger partial charge in [-0.05, 0) is 69.2 Å². The number of guanidine groups is 2. The summed E-state index contributed by atoms with van der Waals surface area (Å²) in [7, 11) is 0.